The maximum atomic E-state index is 13.9. The van der Waals surface area contributed by atoms with Crippen molar-refractivity contribution in [3.05, 3.63) is 70.7 Å². The van der Waals surface area contributed by atoms with Gasteiger partial charge in [-0.25, -0.2) is 0 Å². The summed E-state index contributed by atoms with van der Waals surface area (Å²) < 4.78 is 27.8. The summed E-state index contributed by atoms with van der Waals surface area (Å²) in [6.45, 7) is 0. The summed E-state index contributed by atoms with van der Waals surface area (Å²) in [7, 11) is 0. The molecule has 2 rings (SSSR count). The van der Waals surface area contributed by atoms with Crippen LogP contribution in [0, 0.1) is 0 Å². The van der Waals surface area contributed by atoms with Crippen LogP contribution in [0.5, 0.6) is 0 Å². The minimum atomic E-state index is -3.36. The summed E-state index contributed by atoms with van der Waals surface area (Å²) in [6.07, 6.45) is -0.384. The van der Waals surface area contributed by atoms with Crippen molar-refractivity contribution >= 4 is 17.4 Å². The molecule has 0 amide bonds. The number of aryl methyl sites for hydroxylation is 1. The first-order valence-electron chi connectivity index (χ1n) is 6.21. The molecule has 2 aromatic carbocycles. The van der Waals surface area contributed by atoms with Gasteiger partial charge in [-0.2, -0.15) is 8.78 Å². The highest BCUT2D eigenvalue weighted by Gasteiger charge is 2.38. The molecular weight excluding hydrogens is 282 g/mol. The van der Waals surface area contributed by atoms with Crippen LogP contribution in [0.3, 0.4) is 0 Å². The van der Waals surface area contributed by atoms with E-state index in [-0.39, 0.29) is 12.0 Å². The van der Waals surface area contributed by atoms with E-state index in [2.05, 4.69) is 0 Å². The van der Waals surface area contributed by atoms with E-state index in [4.69, 9.17) is 11.6 Å². The zero-order valence-electron chi connectivity index (χ0n) is 10.7. The van der Waals surface area contributed by atoms with Crippen LogP contribution in [0.15, 0.2) is 54.6 Å². The summed E-state index contributed by atoms with van der Waals surface area (Å²) in [6, 6.07) is 14.3. The van der Waals surface area contributed by atoms with Crippen LogP contribution in [0.1, 0.15) is 22.3 Å². The van der Waals surface area contributed by atoms with Crippen molar-refractivity contribution < 1.29 is 13.6 Å². The second-order valence-electron chi connectivity index (χ2n) is 4.53. The molecular formula is C16H13ClF2O. The molecule has 20 heavy (non-hydrogen) atoms. The lowest BCUT2D eigenvalue weighted by Gasteiger charge is -2.15. The lowest BCUT2D eigenvalue weighted by Crippen LogP contribution is -2.29. The maximum absolute atomic E-state index is 13.9. The van der Waals surface area contributed by atoms with E-state index in [9.17, 15) is 13.6 Å². The smallest absolute Gasteiger partial charge is 0.287 e. The first kappa shape index (κ1) is 14.7. The van der Waals surface area contributed by atoms with Crippen molar-refractivity contribution in [3.63, 3.8) is 0 Å². The normalized spacial score (nSPS) is 11.3. The number of hydrogen-bond donors (Lipinski definition) is 0. The molecule has 1 nitrogen and oxygen atoms in total. The molecule has 0 aliphatic carbocycles. The molecule has 0 unspecified atom stereocenters. The number of rotatable bonds is 5. The van der Waals surface area contributed by atoms with E-state index < -0.39 is 18.1 Å². The van der Waals surface area contributed by atoms with Crippen LogP contribution in [0.4, 0.5) is 8.78 Å². The second-order valence-corrected chi connectivity index (χ2v) is 4.96. The number of Topliss-reactive ketones (excluding diaryl/α,β-unsaturated/α-hetero) is 1. The third kappa shape index (κ3) is 3.64. The number of ketones is 1. The van der Waals surface area contributed by atoms with Gasteiger partial charge in [0.05, 0.1) is 0 Å². The average molecular weight is 295 g/mol. The molecule has 0 saturated heterocycles. The molecule has 0 spiro atoms. The molecule has 2 aromatic rings. The fraction of sp³-hybridized carbons (Fsp3) is 0.188. The van der Waals surface area contributed by atoms with Crippen molar-refractivity contribution in [2.75, 3.05) is 0 Å². The van der Waals surface area contributed by atoms with Crippen LogP contribution >= 0.6 is 11.6 Å². The van der Waals surface area contributed by atoms with E-state index in [1.807, 2.05) is 0 Å². The first-order chi connectivity index (χ1) is 9.49. The van der Waals surface area contributed by atoms with Crippen molar-refractivity contribution in [2.24, 2.45) is 0 Å². The molecule has 104 valence electrons. The molecule has 0 aliphatic heterocycles. The van der Waals surface area contributed by atoms with E-state index >= 15 is 0 Å². The number of benzene rings is 2. The number of halogens is 3. The minimum Gasteiger partial charge on any atom is -0.287 e. The fourth-order valence-electron chi connectivity index (χ4n) is 1.87. The van der Waals surface area contributed by atoms with Gasteiger partial charge in [-0.15, -0.1) is 0 Å². The fourth-order valence-corrected chi connectivity index (χ4v) is 1.99. The van der Waals surface area contributed by atoms with Gasteiger partial charge in [0.25, 0.3) is 0 Å². The summed E-state index contributed by atoms with van der Waals surface area (Å²) in [5, 5.41) is 0.556. The van der Waals surface area contributed by atoms with Gasteiger partial charge in [0.1, 0.15) is 0 Å². The van der Waals surface area contributed by atoms with Crippen LogP contribution in [0.2, 0.25) is 5.02 Å². The predicted octanol–water partition coefficient (Wildman–Crippen LogP) is 4.79. The third-order valence-corrected chi connectivity index (χ3v) is 3.26. The molecule has 0 N–H and O–H groups in total. The van der Waals surface area contributed by atoms with Gasteiger partial charge in [0, 0.05) is 17.0 Å². The lowest BCUT2D eigenvalue weighted by molar-refractivity contribution is 0.00517. The highest BCUT2D eigenvalue weighted by Crippen LogP contribution is 2.26. The molecule has 0 heterocycles. The van der Waals surface area contributed by atoms with Crippen LogP contribution in [-0.2, 0) is 6.42 Å². The minimum absolute atomic E-state index is 0.0357. The molecule has 0 fully saturated rings. The Morgan fingerprint density at radius 3 is 2.20 bits per heavy atom. The van der Waals surface area contributed by atoms with Gasteiger partial charge in [0.15, 0.2) is 0 Å². The molecule has 4 heteroatoms. The van der Waals surface area contributed by atoms with Gasteiger partial charge in [0.2, 0.25) is 5.78 Å². The molecule has 0 atom stereocenters. The summed E-state index contributed by atoms with van der Waals surface area (Å²) >= 11 is 5.73. The highest BCUT2D eigenvalue weighted by molar-refractivity contribution is 6.30. The lowest BCUT2D eigenvalue weighted by atomic mass is 9.99. The van der Waals surface area contributed by atoms with E-state index in [0.29, 0.717) is 5.02 Å². The van der Waals surface area contributed by atoms with Crippen molar-refractivity contribution in [3.8, 4) is 0 Å². The van der Waals surface area contributed by atoms with Gasteiger partial charge in [-0.3, -0.25) is 4.79 Å². The average Bonchev–Trinajstić information content (AvgIpc) is 2.47. The summed E-state index contributed by atoms with van der Waals surface area (Å²) in [4.78, 5) is 11.8. The van der Waals surface area contributed by atoms with E-state index in [1.54, 1.807) is 42.5 Å². The van der Waals surface area contributed by atoms with E-state index in [0.717, 1.165) is 5.56 Å². The van der Waals surface area contributed by atoms with Gasteiger partial charge >= 0.3 is 5.92 Å². The second kappa shape index (κ2) is 6.14. The van der Waals surface area contributed by atoms with Gasteiger partial charge < -0.3 is 0 Å². The Balaban J connectivity index is 2.03. The highest BCUT2D eigenvalue weighted by atomic mass is 35.5. The number of alkyl halides is 2. The Morgan fingerprint density at radius 1 is 1.00 bits per heavy atom. The Labute approximate surface area is 121 Å². The Morgan fingerprint density at radius 2 is 1.60 bits per heavy atom. The van der Waals surface area contributed by atoms with Gasteiger partial charge in [-0.05, 0) is 24.1 Å². The summed E-state index contributed by atoms with van der Waals surface area (Å²) in [5.41, 5.74) is 0.767. The van der Waals surface area contributed by atoms with Crippen molar-refractivity contribution in [1.82, 2.24) is 0 Å². The number of carbonyl (C=O) groups is 1. The van der Waals surface area contributed by atoms with Crippen LogP contribution < -0.4 is 0 Å². The number of carbonyl (C=O) groups excluding carboxylic acids is 1. The Bertz CT molecular complexity index is 579. The van der Waals surface area contributed by atoms with Crippen molar-refractivity contribution in [1.29, 1.82) is 0 Å². The monoisotopic (exact) mass is 294 g/mol. The standard InChI is InChI=1S/C16H13ClF2O/c17-14-8-6-12(7-9-14)10-11-16(18,19)15(20)13-4-2-1-3-5-13/h1-9H,10-11H2. The first-order valence-corrected chi connectivity index (χ1v) is 6.59. The molecule has 0 bridgehead atoms. The molecule has 0 radical (unpaired) electrons. The molecule has 0 saturated carbocycles. The van der Waals surface area contributed by atoms with Crippen LogP contribution in [-0.4, -0.2) is 11.7 Å². The predicted molar refractivity (Wildman–Crippen MR) is 75.5 cm³/mol. The van der Waals surface area contributed by atoms with Crippen molar-refractivity contribution in [2.45, 2.75) is 18.8 Å². The number of hydrogen-bond acceptors (Lipinski definition) is 1. The summed E-state index contributed by atoms with van der Waals surface area (Å²) in [5.74, 6) is -4.49. The zero-order valence-corrected chi connectivity index (χ0v) is 11.4. The topological polar surface area (TPSA) is 17.1 Å². The Kier molecular flexibility index (Phi) is 4.50. The molecule has 0 aliphatic rings. The quantitative estimate of drug-likeness (QED) is 0.725. The van der Waals surface area contributed by atoms with Gasteiger partial charge in [-0.1, -0.05) is 54.1 Å². The molecule has 0 aromatic heterocycles. The SMILES string of the molecule is O=C(c1ccccc1)C(F)(F)CCc1ccc(Cl)cc1. The zero-order chi connectivity index (χ0) is 14.6. The maximum Gasteiger partial charge on any atom is 0.310 e. The Hall–Kier alpha value is -1.74. The van der Waals surface area contributed by atoms with Crippen LogP contribution in [0.25, 0.3) is 0 Å². The third-order valence-electron chi connectivity index (χ3n) is 3.01. The van der Waals surface area contributed by atoms with E-state index in [1.165, 1.54) is 12.1 Å². The largest absolute Gasteiger partial charge is 0.310 e.